The molecule has 2 aliphatic carbocycles. The second kappa shape index (κ2) is 12.2. The molecule has 2 aromatic carbocycles. The Bertz CT molecular complexity index is 2400. The summed E-state index contributed by atoms with van der Waals surface area (Å²) in [6.07, 6.45) is 1.53. The molecule has 0 bridgehead atoms. The van der Waals surface area contributed by atoms with E-state index in [1.54, 1.807) is 30.0 Å². The first-order valence-electron chi connectivity index (χ1n) is 19.2. The van der Waals surface area contributed by atoms with Crippen molar-refractivity contribution in [3.63, 3.8) is 0 Å². The van der Waals surface area contributed by atoms with E-state index in [9.17, 15) is 32.8 Å². The maximum absolute atomic E-state index is 15.5. The Balaban J connectivity index is 0.756. The van der Waals surface area contributed by atoms with Gasteiger partial charge in [-0.25, -0.2) is 13.2 Å². The van der Waals surface area contributed by atoms with E-state index in [1.807, 2.05) is 6.07 Å². The number of nitrogens with one attached hydrogen (secondary N) is 3. The van der Waals surface area contributed by atoms with E-state index >= 15 is 4.39 Å². The summed E-state index contributed by atoms with van der Waals surface area (Å²) in [5.74, 6) is -6.24. The Kier molecular flexibility index (Phi) is 7.64. The Hall–Kier alpha value is -5.51. The normalized spacial score (nSPS) is 27.1. The molecule has 56 heavy (non-hydrogen) atoms. The first kappa shape index (κ1) is 34.9. The highest BCUT2D eigenvalue weighted by molar-refractivity contribution is 6.23. The van der Waals surface area contributed by atoms with Crippen LogP contribution in [0.4, 0.5) is 18.9 Å². The molecule has 16 heteroatoms. The van der Waals surface area contributed by atoms with E-state index in [4.69, 9.17) is 0 Å². The van der Waals surface area contributed by atoms with Crippen LogP contribution in [0.1, 0.15) is 68.5 Å². The van der Waals surface area contributed by atoms with Gasteiger partial charge in [0, 0.05) is 97.8 Å². The van der Waals surface area contributed by atoms with Gasteiger partial charge in [0.05, 0.1) is 22.4 Å². The summed E-state index contributed by atoms with van der Waals surface area (Å²) in [4.78, 5) is 74.5. The van der Waals surface area contributed by atoms with Crippen molar-refractivity contribution in [2.45, 2.75) is 51.0 Å². The number of hydrogen-bond donors (Lipinski definition) is 3. The molecule has 0 radical (unpaired) electrons. The third-order valence-corrected chi connectivity index (χ3v) is 13.2. The van der Waals surface area contributed by atoms with Gasteiger partial charge >= 0.3 is 0 Å². The molecule has 1 unspecified atom stereocenters. The molecule has 0 spiro atoms. The average molecular weight is 769 g/mol. The third kappa shape index (κ3) is 5.24. The van der Waals surface area contributed by atoms with E-state index in [2.05, 4.69) is 30.3 Å². The SMILES string of the molecule is C[C@@]12Cc3[nH]nc(-c4cc5cc(F)c(C(=O)N6CCN(C[C@H]7CCN(c8ccc9c(c8)C(=O)N(C8CCC(=O)NC8=O)C9=O)C7)CC6)cc5[nH]4)c3C[C@@H]1C2(F)F. The lowest BCUT2D eigenvalue weighted by molar-refractivity contribution is -0.136. The number of fused-ring (bicyclic) bond motifs is 4. The van der Waals surface area contributed by atoms with E-state index in [-0.39, 0.29) is 48.3 Å². The van der Waals surface area contributed by atoms with Gasteiger partial charge in [0.25, 0.3) is 23.6 Å². The molecule has 13 nitrogen and oxygen atoms in total. The number of amides is 5. The summed E-state index contributed by atoms with van der Waals surface area (Å²) >= 11 is 0. The van der Waals surface area contributed by atoms with Gasteiger partial charge < -0.3 is 14.8 Å². The minimum atomic E-state index is -2.71. The van der Waals surface area contributed by atoms with Gasteiger partial charge in [-0.15, -0.1) is 0 Å². The first-order valence-corrected chi connectivity index (χ1v) is 19.2. The van der Waals surface area contributed by atoms with Crippen LogP contribution in [0.15, 0.2) is 36.4 Å². The first-order chi connectivity index (χ1) is 26.8. The molecule has 5 amide bonds. The van der Waals surface area contributed by atoms with Gasteiger partial charge in [0.2, 0.25) is 11.8 Å². The highest BCUT2D eigenvalue weighted by Gasteiger charge is 2.78. The zero-order valence-corrected chi connectivity index (χ0v) is 30.6. The molecular weight excluding hydrogens is 729 g/mol. The number of benzene rings is 2. The van der Waals surface area contributed by atoms with Crippen molar-refractivity contribution < 1.29 is 37.1 Å². The highest BCUT2D eigenvalue weighted by Crippen LogP contribution is 2.70. The highest BCUT2D eigenvalue weighted by atomic mass is 19.3. The van der Waals surface area contributed by atoms with Crippen molar-refractivity contribution in [2.24, 2.45) is 17.3 Å². The van der Waals surface area contributed by atoms with Crippen molar-refractivity contribution in [2.75, 3.05) is 50.7 Å². The molecule has 4 aliphatic heterocycles. The molecule has 4 fully saturated rings. The maximum Gasteiger partial charge on any atom is 0.262 e. The number of carbonyl (C=O) groups excluding carboxylic acids is 5. The lowest BCUT2D eigenvalue weighted by Crippen LogP contribution is -2.54. The fraction of sp³-hybridized carbons (Fsp3) is 0.450. The number of aromatic nitrogens is 3. The van der Waals surface area contributed by atoms with Crippen molar-refractivity contribution in [1.82, 2.24) is 35.2 Å². The predicted molar refractivity (Wildman–Crippen MR) is 196 cm³/mol. The molecule has 2 aromatic heterocycles. The number of H-pyrrole nitrogens is 2. The van der Waals surface area contributed by atoms with E-state index < -0.39 is 52.7 Å². The summed E-state index contributed by atoms with van der Waals surface area (Å²) in [6, 6.07) is 8.76. The molecule has 3 saturated heterocycles. The van der Waals surface area contributed by atoms with Gasteiger partial charge in [0.1, 0.15) is 17.6 Å². The second-order valence-corrected chi connectivity index (χ2v) is 16.5. The minimum Gasteiger partial charge on any atom is -0.371 e. The molecule has 290 valence electrons. The second-order valence-electron chi connectivity index (χ2n) is 16.5. The number of imide groups is 2. The molecule has 6 heterocycles. The largest absolute Gasteiger partial charge is 0.371 e. The van der Waals surface area contributed by atoms with Crippen LogP contribution in [0, 0.1) is 23.1 Å². The van der Waals surface area contributed by atoms with Crippen LogP contribution in [0.5, 0.6) is 0 Å². The van der Waals surface area contributed by atoms with E-state index in [0.717, 1.165) is 42.2 Å². The Morgan fingerprint density at radius 2 is 1.75 bits per heavy atom. The number of hydrogen-bond acceptors (Lipinski definition) is 8. The molecule has 4 atom stereocenters. The molecule has 1 saturated carbocycles. The monoisotopic (exact) mass is 768 g/mol. The quantitative estimate of drug-likeness (QED) is 0.251. The average Bonchev–Trinajstić information content (AvgIpc) is 3.83. The number of piperidine rings is 1. The minimum absolute atomic E-state index is 0.0296. The van der Waals surface area contributed by atoms with Gasteiger partial charge in [-0.05, 0) is 61.6 Å². The van der Waals surface area contributed by atoms with Crippen LogP contribution >= 0.6 is 0 Å². The smallest absolute Gasteiger partial charge is 0.262 e. The Morgan fingerprint density at radius 3 is 2.54 bits per heavy atom. The number of piperazine rings is 1. The lowest BCUT2D eigenvalue weighted by Gasteiger charge is -2.36. The molecule has 6 aliphatic rings. The summed E-state index contributed by atoms with van der Waals surface area (Å²) in [5.41, 5.74) is 3.41. The van der Waals surface area contributed by atoms with Crippen molar-refractivity contribution in [1.29, 1.82) is 0 Å². The summed E-state index contributed by atoms with van der Waals surface area (Å²) in [5, 5.41) is 10.2. The Morgan fingerprint density at radius 1 is 0.964 bits per heavy atom. The van der Waals surface area contributed by atoms with E-state index in [1.165, 1.54) is 12.1 Å². The van der Waals surface area contributed by atoms with Gasteiger partial charge in [-0.1, -0.05) is 6.92 Å². The number of aromatic amines is 2. The number of anilines is 1. The number of alkyl halides is 2. The van der Waals surface area contributed by atoms with E-state index in [0.29, 0.717) is 60.1 Å². The zero-order valence-electron chi connectivity index (χ0n) is 30.6. The molecular formula is C40H39F3N8O5. The number of nitrogens with zero attached hydrogens (tertiary/aromatic N) is 5. The predicted octanol–water partition coefficient (Wildman–Crippen LogP) is 3.75. The maximum atomic E-state index is 15.5. The van der Waals surface area contributed by atoms with Crippen LogP contribution in [0.3, 0.4) is 0 Å². The zero-order chi connectivity index (χ0) is 38.8. The molecule has 10 rings (SSSR count). The van der Waals surface area contributed by atoms with Gasteiger partial charge in [-0.3, -0.25) is 44.2 Å². The topological polar surface area (TPSA) is 155 Å². The summed E-state index contributed by atoms with van der Waals surface area (Å²) in [6.45, 7) is 6.09. The van der Waals surface area contributed by atoms with Crippen LogP contribution in [-0.4, -0.2) is 117 Å². The Labute approximate surface area is 318 Å². The number of halogens is 3. The van der Waals surface area contributed by atoms with Crippen LogP contribution in [-0.2, 0) is 22.4 Å². The lowest BCUT2D eigenvalue weighted by atomic mass is 9.87. The standard InChI is InChI=1S/C40H39F3N8O5/c1-39-17-30-26(16-32(39)40(39,42)43)34(47-46-30)29-13-21-12-27(41)25(15-28(21)44-29)36(54)49-10-8-48(9-11-49)18-20-6-7-50(19-20)22-2-3-23-24(14-22)38(56)51(37(23)55)31-4-5-33(52)45-35(31)53/h2-3,12-15,20,31-32,44H,4-11,16-19H2,1H3,(H,46,47)(H,45,52,53)/t20-,31?,32+,39-/m1/s1. The number of rotatable bonds is 6. The molecule has 3 N–H and O–H groups in total. The van der Waals surface area contributed by atoms with Crippen LogP contribution < -0.4 is 10.2 Å². The summed E-state index contributed by atoms with van der Waals surface area (Å²) < 4.78 is 44.5. The van der Waals surface area contributed by atoms with Gasteiger partial charge in [-0.2, -0.15) is 5.10 Å². The van der Waals surface area contributed by atoms with Crippen molar-refractivity contribution in [3.8, 4) is 11.4 Å². The third-order valence-electron chi connectivity index (χ3n) is 13.2. The summed E-state index contributed by atoms with van der Waals surface area (Å²) in [7, 11) is 0. The fourth-order valence-electron chi connectivity index (χ4n) is 9.82. The number of carbonyl (C=O) groups is 5. The van der Waals surface area contributed by atoms with Crippen LogP contribution in [0.25, 0.3) is 22.3 Å². The van der Waals surface area contributed by atoms with Crippen LogP contribution in [0.2, 0.25) is 0 Å². The van der Waals surface area contributed by atoms with Crippen molar-refractivity contribution >= 4 is 46.1 Å². The van der Waals surface area contributed by atoms with Gasteiger partial charge in [0.15, 0.2) is 0 Å². The fourth-order valence-corrected chi connectivity index (χ4v) is 9.82. The van der Waals surface area contributed by atoms with Crippen molar-refractivity contribution in [3.05, 3.63) is 70.2 Å². The molecule has 4 aromatic rings.